The van der Waals surface area contributed by atoms with Gasteiger partial charge in [0.05, 0.1) is 26.4 Å². The average molecular weight is 305 g/mol. The van der Waals surface area contributed by atoms with Crippen molar-refractivity contribution in [2.45, 2.75) is 6.54 Å². The Balaban J connectivity index is 1.39. The molecule has 5 nitrogen and oxygen atoms in total. The van der Waals surface area contributed by atoms with Crippen LogP contribution in [0.4, 0.5) is 5.69 Å². The Morgan fingerprint density at radius 3 is 2.05 bits per heavy atom. The van der Waals surface area contributed by atoms with Crippen LogP contribution in [0.2, 0.25) is 0 Å². The monoisotopic (exact) mass is 305 g/mol. The quantitative estimate of drug-likeness (QED) is 0.856. The molecular formula is C17H27N3O2. The van der Waals surface area contributed by atoms with Crippen LogP contribution in [0.15, 0.2) is 24.3 Å². The van der Waals surface area contributed by atoms with Gasteiger partial charge < -0.3 is 14.8 Å². The van der Waals surface area contributed by atoms with E-state index >= 15 is 0 Å². The number of benzene rings is 1. The van der Waals surface area contributed by atoms with E-state index < -0.39 is 0 Å². The van der Waals surface area contributed by atoms with Gasteiger partial charge in [-0.1, -0.05) is 12.1 Å². The molecule has 2 fully saturated rings. The van der Waals surface area contributed by atoms with Crippen LogP contribution in [0.3, 0.4) is 0 Å². The summed E-state index contributed by atoms with van der Waals surface area (Å²) in [6.45, 7) is 10.8. The third kappa shape index (κ3) is 4.95. The second-order valence-electron chi connectivity index (χ2n) is 5.97. The van der Waals surface area contributed by atoms with Crippen LogP contribution in [0.5, 0.6) is 0 Å². The third-order valence-corrected chi connectivity index (χ3v) is 4.32. The lowest BCUT2D eigenvalue weighted by atomic mass is 10.2. The Morgan fingerprint density at radius 1 is 0.818 bits per heavy atom. The first-order chi connectivity index (χ1) is 10.9. The second-order valence-corrected chi connectivity index (χ2v) is 5.97. The average Bonchev–Trinajstić information content (AvgIpc) is 2.58. The van der Waals surface area contributed by atoms with E-state index in [0.717, 1.165) is 72.2 Å². The van der Waals surface area contributed by atoms with E-state index in [2.05, 4.69) is 39.4 Å². The van der Waals surface area contributed by atoms with Crippen molar-refractivity contribution in [3.05, 3.63) is 29.8 Å². The Bertz CT molecular complexity index is 426. The highest BCUT2D eigenvalue weighted by Crippen LogP contribution is 2.12. The van der Waals surface area contributed by atoms with Gasteiger partial charge in [-0.2, -0.15) is 0 Å². The van der Waals surface area contributed by atoms with Crippen molar-refractivity contribution in [1.29, 1.82) is 0 Å². The van der Waals surface area contributed by atoms with Crippen LogP contribution in [0, 0.1) is 0 Å². The highest BCUT2D eigenvalue weighted by atomic mass is 16.5. The molecule has 0 atom stereocenters. The number of anilines is 1. The molecule has 0 unspecified atom stereocenters. The Morgan fingerprint density at radius 2 is 1.41 bits per heavy atom. The van der Waals surface area contributed by atoms with Gasteiger partial charge in [0, 0.05) is 51.5 Å². The predicted molar refractivity (Wildman–Crippen MR) is 88.3 cm³/mol. The fourth-order valence-electron chi connectivity index (χ4n) is 2.93. The summed E-state index contributed by atoms with van der Waals surface area (Å²) >= 11 is 0. The molecule has 1 aromatic rings. The summed E-state index contributed by atoms with van der Waals surface area (Å²) in [5.41, 5.74) is 2.58. The van der Waals surface area contributed by atoms with Crippen molar-refractivity contribution in [2.24, 2.45) is 0 Å². The van der Waals surface area contributed by atoms with Crippen LogP contribution in [0.1, 0.15) is 5.56 Å². The molecule has 2 aliphatic heterocycles. The molecule has 0 amide bonds. The van der Waals surface area contributed by atoms with Crippen molar-refractivity contribution < 1.29 is 9.47 Å². The van der Waals surface area contributed by atoms with Gasteiger partial charge in [-0.05, 0) is 17.7 Å². The number of rotatable bonds is 6. The maximum Gasteiger partial charge on any atom is 0.0594 e. The van der Waals surface area contributed by atoms with Gasteiger partial charge in [0.25, 0.3) is 0 Å². The van der Waals surface area contributed by atoms with Gasteiger partial charge in [-0.15, -0.1) is 0 Å². The zero-order chi connectivity index (χ0) is 15.0. The van der Waals surface area contributed by atoms with Gasteiger partial charge in [-0.25, -0.2) is 0 Å². The molecule has 0 spiro atoms. The van der Waals surface area contributed by atoms with Crippen LogP contribution in [-0.2, 0) is 16.0 Å². The first-order valence-electron chi connectivity index (χ1n) is 8.33. The topological polar surface area (TPSA) is 37.0 Å². The summed E-state index contributed by atoms with van der Waals surface area (Å²) in [6.07, 6.45) is 0. The number of morpholine rings is 2. The molecule has 0 radical (unpaired) electrons. The van der Waals surface area contributed by atoms with Crippen molar-refractivity contribution in [3.8, 4) is 0 Å². The molecule has 5 heteroatoms. The van der Waals surface area contributed by atoms with Crippen LogP contribution < -0.4 is 5.32 Å². The molecule has 1 N–H and O–H groups in total. The second kappa shape index (κ2) is 8.48. The van der Waals surface area contributed by atoms with Crippen LogP contribution in [0.25, 0.3) is 0 Å². The van der Waals surface area contributed by atoms with Gasteiger partial charge in [0.1, 0.15) is 0 Å². The molecule has 2 heterocycles. The van der Waals surface area contributed by atoms with E-state index in [0.29, 0.717) is 0 Å². The SMILES string of the molecule is c1cc(NCCN2CCOCC2)ccc1CN1CCOCC1. The summed E-state index contributed by atoms with van der Waals surface area (Å²) in [5, 5.41) is 3.51. The van der Waals surface area contributed by atoms with Crippen LogP contribution >= 0.6 is 0 Å². The number of ether oxygens (including phenoxy) is 2. The van der Waals surface area contributed by atoms with Gasteiger partial charge in [0.15, 0.2) is 0 Å². The lowest BCUT2D eigenvalue weighted by Gasteiger charge is -2.27. The molecule has 0 saturated carbocycles. The lowest BCUT2D eigenvalue weighted by molar-refractivity contribution is 0.0342. The third-order valence-electron chi connectivity index (χ3n) is 4.32. The van der Waals surface area contributed by atoms with Crippen molar-refractivity contribution >= 4 is 5.69 Å². The fraction of sp³-hybridized carbons (Fsp3) is 0.647. The molecule has 1 aromatic carbocycles. The van der Waals surface area contributed by atoms with Gasteiger partial charge in [-0.3, -0.25) is 9.80 Å². The number of nitrogens with one attached hydrogen (secondary N) is 1. The minimum absolute atomic E-state index is 0.862. The molecule has 3 rings (SSSR count). The van der Waals surface area contributed by atoms with Crippen molar-refractivity contribution in [1.82, 2.24) is 9.80 Å². The van der Waals surface area contributed by atoms with E-state index in [4.69, 9.17) is 9.47 Å². The Labute approximate surface area is 133 Å². The smallest absolute Gasteiger partial charge is 0.0594 e. The predicted octanol–water partition coefficient (Wildman–Crippen LogP) is 1.26. The van der Waals surface area contributed by atoms with E-state index in [1.165, 1.54) is 11.3 Å². The Kier molecular flexibility index (Phi) is 6.07. The molecule has 2 saturated heterocycles. The van der Waals surface area contributed by atoms with Crippen molar-refractivity contribution in [3.63, 3.8) is 0 Å². The molecule has 0 bridgehead atoms. The maximum absolute atomic E-state index is 5.39. The molecule has 2 aliphatic rings. The summed E-state index contributed by atoms with van der Waals surface area (Å²) < 4.78 is 10.8. The van der Waals surface area contributed by atoms with E-state index in [9.17, 15) is 0 Å². The zero-order valence-electron chi connectivity index (χ0n) is 13.3. The summed E-state index contributed by atoms with van der Waals surface area (Å²) in [4.78, 5) is 4.90. The molecule has 0 aromatic heterocycles. The minimum atomic E-state index is 0.862. The maximum atomic E-state index is 5.39. The van der Waals surface area contributed by atoms with Crippen molar-refractivity contribution in [2.75, 3.05) is 71.0 Å². The first-order valence-corrected chi connectivity index (χ1v) is 8.33. The Hall–Kier alpha value is -1.14. The minimum Gasteiger partial charge on any atom is -0.384 e. The summed E-state index contributed by atoms with van der Waals surface area (Å²) in [7, 11) is 0. The number of nitrogens with zero attached hydrogens (tertiary/aromatic N) is 2. The summed E-state index contributed by atoms with van der Waals surface area (Å²) in [5.74, 6) is 0. The lowest BCUT2D eigenvalue weighted by Crippen LogP contribution is -2.39. The van der Waals surface area contributed by atoms with E-state index in [1.54, 1.807) is 0 Å². The highest BCUT2D eigenvalue weighted by molar-refractivity contribution is 5.44. The van der Waals surface area contributed by atoms with Gasteiger partial charge in [0.2, 0.25) is 0 Å². The highest BCUT2D eigenvalue weighted by Gasteiger charge is 2.11. The summed E-state index contributed by atoms with van der Waals surface area (Å²) in [6, 6.07) is 8.84. The van der Waals surface area contributed by atoms with E-state index in [-0.39, 0.29) is 0 Å². The molecule has 122 valence electrons. The number of hydrogen-bond donors (Lipinski definition) is 1. The van der Waals surface area contributed by atoms with Gasteiger partial charge >= 0.3 is 0 Å². The fourth-order valence-corrected chi connectivity index (χ4v) is 2.93. The standard InChI is InChI=1S/C17H27N3O2/c1-3-17(18-5-6-19-7-11-21-12-8-19)4-2-16(1)15-20-9-13-22-14-10-20/h1-4,18H,5-15H2. The first kappa shape index (κ1) is 15.7. The normalized spacial score (nSPS) is 20.9. The largest absolute Gasteiger partial charge is 0.384 e. The number of hydrogen-bond acceptors (Lipinski definition) is 5. The zero-order valence-corrected chi connectivity index (χ0v) is 13.3. The molecule has 0 aliphatic carbocycles. The van der Waals surface area contributed by atoms with E-state index in [1.807, 2.05) is 0 Å². The molecule has 22 heavy (non-hydrogen) atoms. The molecular weight excluding hydrogens is 278 g/mol. The van der Waals surface area contributed by atoms with Crippen LogP contribution in [-0.4, -0.2) is 75.5 Å².